The summed E-state index contributed by atoms with van der Waals surface area (Å²) in [6.45, 7) is 2.76. The van der Waals surface area contributed by atoms with Crippen LogP contribution in [0.25, 0.3) is 11.3 Å². The van der Waals surface area contributed by atoms with E-state index in [4.69, 9.17) is 21.1 Å². The Balaban J connectivity index is 1.50. The van der Waals surface area contributed by atoms with Gasteiger partial charge in [-0.2, -0.15) is 0 Å². The Morgan fingerprint density at radius 1 is 1.04 bits per heavy atom. The van der Waals surface area contributed by atoms with Crippen LogP contribution in [0.3, 0.4) is 0 Å². The van der Waals surface area contributed by atoms with Gasteiger partial charge in [0, 0.05) is 18.2 Å². The fraction of sp³-hybridized carbons (Fsp3) is 0.222. The second kappa shape index (κ2) is 9.33. The lowest BCUT2D eigenvalue weighted by Crippen LogP contribution is -2.27. The maximum absolute atomic E-state index is 12.1. The molecule has 148 valence electrons. The molecule has 0 aliphatic heterocycles. The molecule has 2 aromatic heterocycles. The summed E-state index contributed by atoms with van der Waals surface area (Å²) in [5.41, 5.74) is 1.61. The summed E-state index contributed by atoms with van der Waals surface area (Å²) < 4.78 is 38.0. The first-order valence-corrected chi connectivity index (χ1v) is 11.1. The molecule has 0 unspecified atom stereocenters. The zero-order chi connectivity index (χ0) is 20.0. The average Bonchev–Trinajstić information content (AvgIpc) is 3.14. The minimum atomic E-state index is -3.59. The lowest BCUT2D eigenvalue weighted by Gasteiger charge is -2.07. The van der Waals surface area contributed by atoms with Crippen LogP contribution in [0.2, 0.25) is 4.34 Å². The van der Waals surface area contributed by atoms with E-state index in [-0.39, 0.29) is 17.4 Å². The van der Waals surface area contributed by atoms with Crippen LogP contribution < -0.4 is 14.2 Å². The van der Waals surface area contributed by atoms with Crippen LogP contribution >= 0.6 is 22.9 Å². The van der Waals surface area contributed by atoms with Crippen molar-refractivity contribution in [3.05, 3.63) is 52.9 Å². The fourth-order valence-corrected chi connectivity index (χ4v) is 4.82. The molecule has 0 saturated carbocycles. The van der Waals surface area contributed by atoms with Gasteiger partial charge in [-0.15, -0.1) is 21.5 Å². The quantitative estimate of drug-likeness (QED) is 0.512. The summed E-state index contributed by atoms with van der Waals surface area (Å²) in [7, 11) is -3.59. The fourth-order valence-electron chi connectivity index (χ4n) is 2.28. The molecule has 1 aromatic carbocycles. The summed E-state index contributed by atoms with van der Waals surface area (Å²) in [4.78, 5) is 0. The summed E-state index contributed by atoms with van der Waals surface area (Å²) >= 11 is 6.76. The van der Waals surface area contributed by atoms with E-state index in [0.717, 1.165) is 22.6 Å². The van der Waals surface area contributed by atoms with Crippen molar-refractivity contribution in [3.8, 4) is 22.9 Å². The van der Waals surface area contributed by atoms with Gasteiger partial charge in [0.2, 0.25) is 15.9 Å². The van der Waals surface area contributed by atoms with Crippen molar-refractivity contribution in [1.82, 2.24) is 14.9 Å². The molecule has 3 aromatic rings. The first-order chi connectivity index (χ1) is 13.5. The van der Waals surface area contributed by atoms with E-state index in [2.05, 4.69) is 14.9 Å². The molecule has 7 nitrogen and oxygen atoms in total. The number of rotatable bonds is 9. The molecule has 0 fully saturated rings. The predicted molar refractivity (Wildman–Crippen MR) is 109 cm³/mol. The van der Waals surface area contributed by atoms with Crippen molar-refractivity contribution in [2.45, 2.75) is 11.1 Å². The van der Waals surface area contributed by atoms with Gasteiger partial charge in [-0.25, -0.2) is 13.1 Å². The second-order valence-corrected chi connectivity index (χ2v) is 9.23. The van der Waals surface area contributed by atoms with E-state index in [0.29, 0.717) is 22.5 Å². The highest BCUT2D eigenvalue weighted by Gasteiger charge is 2.15. The van der Waals surface area contributed by atoms with Crippen LogP contribution in [0.5, 0.6) is 11.6 Å². The van der Waals surface area contributed by atoms with Gasteiger partial charge in [-0.05, 0) is 49.4 Å². The Kier molecular flexibility index (Phi) is 6.84. The number of thiophene rings is 1. The number of aromatic nitrogens is 2. The molecule has 10 heteroatoms. The highest BCUT2D eigenvalue weighted by atomic mass is 35.5. The summed E-state index contributed by atoms with van der Waals surface area (Å²) in [6.07, 6.45) is 0. The van der Waals surface area contributed by atoms with Crippen LogP contribution in [-0.4, -0.2) is 38.4 Å². The zero-order valence-electron chi connectivity index (χ0n) is 15.0. The third kappa shape index (κ3) is 5.41. The van der Waals surface area contributed by atoms with Crippen molar-refractivity contribution >= 4 is 33.0 Å². The second-order valence-electron chi connectivity index (χ2n) is 5.52. The van der Waals surface area contributed by atoms with Crippen LogP contribution in [0.4, 0.5) is 0 Å². The van der Waals surface area contributed by atoms with Gasteiger partial charge < -0.3 is 9.47 Å². The number of hydrogen-bond donors (Lipinski definition) is 1. The molecule has 0 radical (unpaired) electrons. The van der Waals surface area contributed by atoms with Gasteiger partial charge >= 0.3 is 0 Å². The zero-order valence-corrected chi connectivity index (χ0v) is 17.4. The van der Waals surface area contributed by atoms with E-state index in [9.17, 15) is 8.42 Å². The first kappa shape index (κ1) is 20.5. The van der Waals surface area contributed by atoms with Gasteiger partial charge in [0.25, 0.3) is 0 Å². The molecule has 0 atom stereocenters. The van der Waals surface area contributed by atoms with Crippen molar-refractivity contribution in [2.75, 3.05) is 19.8 Å². The standard InChI is InChI=1S/C18H18ClN3O4S2/c1-2-25-14-5-3-13(4-6-14)15-7-9-17(22-21-15)26-12-11-20-28(23,24)18-10-8-16(19)27-18/h3-10,20H,2,11-12H2,1H3. The molecule has 0 aliphatic rings. The topological polar surface area (TPSA) is 90.4 Å². The lowest BCUT2D eigenvalue weighted by molar-refractivity contribution is 0.307. The summed E-state index contributed by atoms with van der Waals surface area (Å²) in [6, 6.07) is 14.0. The van der Waals surface area contributed by atoms with Crippen molar-refractivity contribution in [1.29, 1.82) is 0 Å². The largest absolute Gasteiger partial charge is 0.494 e. The van der Waals surface area contributed by atoms with Gasteiger partial charge in [0.1, 0.15) is 16.6 Å². The Hall–Kier alpha value is -2.20. The van der Waals surface area contributed by atoms with E-state index < -0.39 is 10.0 Å². The number of nitrogens with one attached hydrogen (secondary N) is 1. The molecule has 2 heterocycles. The number of halogens is 1. The SMILES string of the molecule is CCOc1ccc(-c2ccc(OCCNS(=O)(=O)c3ccc(Cl)s3)nn2)cc1. The molecule has 0 aliphatic carbocycles. The Morgan fingerprint density at radius 3 is 2.43 bits per heavy atom. The van der Waals surface area contributed by atoms with Crippen molar-refractivity contribution < 1.29 is 17.9 Å². The maximum atomic E-state index is 12.1. The molecule has 1 N–H and O–H groups in total. The molecule has 28 heavy (non-hydrogen) atoms. The van der Waals surface area contributed by atoms with Gasteiger partial charge in [0.15, 0.2) is 0 Å². The smallest absolute Gasteiger partial charge is 0.250 e. The first-order valence-electron chi connectivity index (χ1n) is 8.43. The van der Waals surface area contributed by atoms with E-state index in [1.165, 1.54) is 6.07 Å². The van der Waals surface area contributed by atoms with Gasteiger partial charge in [-0.1, -0.05) is 11.6 Å². The van der Waals surface area contributed by atoms with E-state index in [1.807, 2.05) is 31.2 Å². The highest BCUT2D eigenvalue weighted by Crippen LogP contribution is 2.25. The Morgan fingerprint density at radius 2 is 1.82 bits per heavy atom. The number of benzene rings is 1. The molecule has 0 saturated heterocycles. The molecular weight excluding hydrogens is 422 g/mol. The van der Waals surface area contributed by atoms with E-state index in [1.54, 1.807) is 18.2 Å². The normalized spacial score (nSPS) is 11.4. The van der Waals surface area contributed by atoms with Crippen LogP contribution in [0, 0.1) is 0 Å². The molecule has 0 spiro atoms. The monoisotopic (exact) mass is 439 g/mol. The summed E-state index contributed by atoms with van der Waals surface area (Å²) in [5.74, 6) is 1.11. The molecular formula is C18H18ClN3O4S2. The van der Waals surface area contributed by atoms with Crippen molar-refractivity contribution in [3.63, 3.8) is 0 Å². The number of ether oxygens (including phenoxy) is 2. The number of hydrogen-bond acceptors (Lipinski definition) is 7. The molecule has 3 rings (SSSR count). The van der Waals surface area contributed by atoms with E-state index >= 15 is 0 Å². The van der Waals surface area contributed by atoms with Gasteiger partial charge in [-0.3, -0.25) is 0 Å². The highest BCUT2D eigenvalue weighted by molar-refractivity contribution is 7.91. The Labute approximate surface area is 172 Å². The van der Waals surface area contributed by atoms with Crippen LogP contribution in [0.1, 0.15) is 6.92 Å². The molecule has 0 amide bonds. The van der Waals surface area contributed by atoms with Crippen LogP contribution in [-0.2, 0) is 10.0 Å². The van der Waals surface area contributed by atoms with Gasteiger partial charge in [0.05, 0.1) is 16.6 Å². The average molecular weight is 440 g/mol. The minimum absolute atomic E-state index is 0.0974. The lowest BCUT2D eigenvalue weighted by atomic mass is 10.1. The Bertz CT molecular complexity index is 1010. The van der Waals surface area contributed by atoms with Crippen LogP contribution in [0.15, 0.2) is 52.7 Å². The minimum Gasteiger partial charge on any atom is -0.494 e. The third-order valence-corrected chi connectivity index (χ3v) is 6.74. The summed E-state index contributed by atoms with van der Waals surface area (Å²) in [5, 5.41) is 8.15. The third-order valence-electron chi connectivity index (χ3n) is 3.56. The number of nitrogens with zero attached hydrogens (tertiary/aromatic N) is 2. The maximum Gasteiger partial charge on any atom is 0.250 e. The number of sulfonamides is 1. The predicted octanol–water partition coefficient (Wildman–Crippen LogP) is 3.61. The molecule has 0 bridgehead atoms. The van der Waals surface area contributed by atoms with Crippen molar-refractivity contribution in [2.24, 2.45) is 0 Å².